The standard InChI is InChI=1S/C24H26N2O8S2/c1-31-21-9-3-17(13-23(21)32-2)11-12-25-35(27,28)19-5-7-20(8-6-19)36(29,30)26-15-18-4-10-22-24(14-18)34-16-33-22/h3-10,13-14,25-26H,11-12,15-16H2,1-2H3. The summed E-state index contributed by atoms with van der Waals surface area (Å²) in [5.74, 6) is 2.31. The van der Waals surface area contributed by atoms with Gasteiger partial charge in [-0.25, -0.2) is 26.3 Å². The van der Waals surface area contributed by atoms with Crippen LogP contribution in [0.5, 0.6) is 23.0 Å². The van der Waals surface area contributed by atoms with Crippen molar-refractivity contribution < 1.29 is 35.8 Å². The van der Waals surface area contributed by atoms with Crippen LogP contribution in [0.2, 0.25) is 0 Å². The van der Waals surface area contributed by atoms with E-state index in [1.807, 2.05) is 6.07 Å². The molecule has 1 aliphatic rings. The Hall–Kier alpha value is -3.32. The zero-order valence-electron chi connectivity index (χ0n) is 19.7. The number of hydrogen-bond donors (Lipinski definition) is 2. The molecule has 1 heterocycles. The van der Waals surface area contributed by atoms with Gasteiger partial charge in [0.05, 0.1) is 24.0 Å². The van der Waals surface area contributed by atoms with E-state index in [0.717, 1.165) is 5.56 Å². The van der Waals surface area contributed by atoms with E-state index in [1.165, 1.54) is 38.5 Å². The third-order valence-electron chi connectivity index (χ3n) is 5.50. The highest BCUT2D eigenvalue weighted by molar-refractivity contribution is 7.90. The second kappa shape index (κ2) is 10.7. The minimum absolute atomic E-state index is 0.0375. The molecule has 0 unspecified atom stereocenters. The number of nitrogens with one attached hydrogen (secondary N) is 2. The van der Waals surface area contributed by atoms with Gasteiger partial charge in [-0.3, -0.25) is 0 Å². The van der Waals surface area contributed by atoms with Crippen LogP contribution >= 0.6 is 0 Å². The average Bonchev–Trinajstić information content (AvgIpc) is 3.35. The lowest BCUT2D eigenvalue weighted by Gasteiger charge is -2.11. The van der Waals surface area contributed by atoms with Crippen molar-refractivity contribution in [3.05, 3.63) is 71.8 Å². The first kappa shape index (κ1) is 25.8. The quantitative estimate of drug-likeness (QED) is 0.384. The molecule has 0 atom stereocenters. The van der Waals surface area contributed by atoms with Crippen molar-refractivity contribution >= 4 is 20.0 Å². The number of sulfonamides is 2. The van der Waals surface area contributed by atoms with Gasteiger partial charge in [-0.2, -0.15) is 0 Å². The molecule has 3 aromatic rings. The average molecular weight is 535 g/mol. The normalized spacial score (nSPS) is 12.9. The van der Waals surface area contributed by atoms with Gasteiger partial charge < -0.3 is 18.9 Å². The SMILES string of the molecule is COc1ccc(CCNS(=O)(=O)c2ccc(S(=O)(=O)NCc3ccc4c(c3)OCO4)cc2)cc1OC. The molecular formula is C24H26N2O8S2. The molecule has 0 aromatic heterocycles. The molecule has 0 aliphatic carbocycles. The second-order valence-corrected chi connectivity index (χ2v) is 11.4. The van der Waals surface area contributed by atoms with Crippen LogP contribution in [0, 0.1) is 0 Å². The Morgan fingerprint density at radius 3 is 2.00 bits per heavy atom. The van der Waals surface area contributed by atoms with Crippen molar-refractivity contribution in [3.8, 4) is 23.0 Å². The molecule has 0 bridgehead atoms. The van der Waals surface area contributed by atoms with Gasteiger partial charge in [0.25, 0.3) is 0 Å². The molecule has 0 fully saturated rings. The smallest absolute Gasteiger partial charge is 0.240 e. The Morgan fingerprint density at radius 1 is 0.722 bits per heavy atom. The minimum atomic E-state index is -3.86. The summed E-state index contributed by atoms with van der Waals surface area (Å²) in [6.07, 6.45) is 0.426. The summed E-state index contributed by atoms with van der Waals surface area (Å²) in [5, 5.41) is 0. The largest absolute Gasteiger partial charge is 0.493 e. The van der Waals surface area contributed by atoms with Crippen LogP contribution < -0.4 is 28.4 Å². The Morgan fingerprint density at radius 2 is 1.33 bits per heavy atom. The highest BCUT2D eigenvalue weighted by Crippen LogP contribution is 2.32. The van der Waals surface area contributed by atoms with E-state index in [4.69, 9.17) is 18.9 Å². The van der Waals surface area contributed by atoms with Gasteiger partial charge in [0.1, 0.15) is 0 Å². The molecule has 12 heteroatoms. The zero-order valence-corrected chi connectivity index (χ0v) is 21.3. The van der Waals surface area contributed by atoms with Gasteiger partial charge in [0.2, 0.25) is 26.8 Å². The van der Waals surface area contributed by atoms with Crippen LogP contribution in [0.15, 0.2) is 70.5 Å². The summed E-state index contributed by atoms with van der Waals surface area (Å²) in [6, 6.07) is 15.5. The first-order valence-corrected chi connectivity index (χ1v) is 13.9. The first-order chi connectivity index (χ1) is 17.2. The van der Waals surface area contributed by atoms with Gasteiger partial charge in [-0.1, -0.05) is 12.1 Å². The lowest BCUT2D eigenvalue weighted by Crippen LogP contribution is -2.26. The maximum atomic E-state index is 12.7. The molecule has 3 aromatic carbocycles. The van der Waals surface area contributed by atoms with Crippen LogP contribution in [0.3, 0.4) is 0 Å². The fraction of sp³-hybridized carbons (Fsp3) is 0.250. The zero-order chi connectivity index (χ0) is 25.8. The summed E-state index contributed by atoms with van der Waals surface area (Å²) in [4.78, 5) is -0.0861. The molecule has 0 amide bonds. The number of hydrogen-bond acceptors (Lipinski definition) is 8. The Balaban J connectivity index is 1.35. The fourth-order valence-corrected chi connectivity index (χ4v) is 5.61. The van der Waals surface area contributed by atoms with E-state index in [1.54, 1.807) is 30.3 Å². The molecular weight excluding hydrogens is 508 g/mol. The highest BCUT2D eigenvalue weighted by Gasteiger charge is 2.19. The van der Waals surface area contributed by atoms with Crippen molar-refractivity contribution in [2.24, 2.45) is 0 Å². The molecule has 0 spiro atoms. The van der Waals surface area contributed by atoms with E-state index >= 15 is 0 Å². The monoisotopic (exact) mass is 534 g/mol. The van der Waals surface area contributed by atoms with Gasteiger partial charge >= 0.3 is 0 Å². The number of ether oxygens (including phenoxy) is 4. The Kier molecular flexibility index (Phi) is 7.69. The van der Waals surface area contributed by atoms with Gasteiger partial charge in [-0.05, 0) is 66.1 Å². The molecule has 10 nitrogen and oxygen atoms in total. The Labute approximate surface area is 210 Å². The van der Waals surface area contributed by atoms with Crippen LogP contribution in [-0.4, -0.2) is 44.4 Å². The molecule has 0 radical (unpaired) electrons. The Bertz CT molecular complexity index is 1440. The van der Waals surface area contributed by atoms with Crippen molar-refractivity contribution in [1.29, 1.82) is 0 Å². The van der Waals surface area contributed by atoms with Crippen LogP contribution in [-0.2, 0) is 33.0 Å². The van der Waals surface area contributed by atoms with Gasteiger partial charge in [0, 0.05) is 13.1 Å². The lowest BCUT2D eigenvalue weighted by atomic mass is 10.1. The van der Waals surface area contributed by atoms with E-state index in [2.05, 4.69) is 9.44 Å². The van der Waals surface area contributed by atoms with E-state index in [0.29, 0.717) is 35.0 Å². The summed E-state index contributed by atoms with van der Waals surface area (Å²) >= 11 is 0. The predicted molar refractivity (Wildman–Crippen MR) is 131 cm³/mol. The van der Waals surface area contributed by atoms with Crippen molar-refractivity contribution in [2.75, 3.05) is 27.6 Å². The molecule has 0 saturated carbocycles. The topological polar surface area (TPSA) is 129 Å². The second-order valence-electron chi connectivity index (χ2n) is 7.82. The molecule has 0 saturated heterocycles. The first-order valence-electron chi connectivity index (χ1n) is 10.9. The maximum absolute atomic E-state index is 12.7. The van der Waals surface area contributed by atoms with E-state index in [9.17, 15) is 16.8 Å². The summed E-state index contributed by atoms with van der Waals surface area (Å²) in [6.45, 7) is 0.316. The molecule has 2 N–H and O–H groups in total. The highest BCUT2D eigenvalue weighted by atomic mass is 32.2. The third kappa shape index (κ3) is 5.90. The predicted octanol–water partition coefficient (Wildman–Crippen LogP) is 2.43. The maximum Gasteiger partial charge on any atom is 0.240 e. The van der Waals surface area contributed by atoms with E-state index in [-0.39, 0.29) is 29.7 Å². The van der Waals surface area contributed by atoms with Gasteiger partial charge in [-0.15, -0.1) is 0 Å². The molecule has 36 heavy (non-hydrogen) atoms. The van der Waals surface area contributed by atoms with Crippen molar-refractivity contribution in [1.82, 2.24) is 9.44 Å². The van der Waals surface area contributed by atoms with E-state index < -0.39 is 20.0 Å². The van der Waals surface area contributed by atoms with Crippen LogP contribution in [0.4, 0.5) is 0 Å². The van der Waals surface area contributed by atoms with Crippen molar-refractivity contribution in [2.45, 2.75) is 22.8 Å². The number of methoxy groups -OCH3 is 2. The fourth-order valence-electron chi connectivity index (χ4n) is 3.56. The molecule has 1 aliphatic heterocycles. The third-order valence-corrected chi connectivity index (χ3v) is 8.40. The summed E-state index contributed by atoms with van der Waals surface area (Å²) < 4.78 is 76.7. The number of benzene rings is 3. The van der Waals surface area contributed by atoms with Gasteiger partial charge in [0.15, 0.2) is 23.0 Å². The summed E-state index contributed by atoms with van der Waals surface area (Å²) in [5.41, 5.74) is 1.56. The molecule has 192 valence electrons. The minimum Gasteiger partial charge on any atom is -0.493 e. The molecule has 4 rings (SSSR count). The number of fused-ring (bicyclic) bond motifs is 1. The van der Waals surface area contributed by atoms with Crippen LogP contribution in [0.1, 0.15) is 11.1 Å². The summed E-state index contributed by atoms with van der Waals surface area (Å²) in [7, 11) is -4.62. The lowest BCUT2D eigenvalue weighted by molar-refractivity contribution is 0.174. The van der Waals surface area contributed by atoms with Crippen molar-refractivity contribution in [3.63, 3.8) is 0 Å². The van der Waals surface area contributed by atoms with Crippen LogP contribution in [0.25, 0.3) is 0 Å². The number of rotatable bonds is 11.